The summed E-state index contributed by atoms with van der Waals surface area (Å²) in [6, 6.07) is 4.44. The van der Waals surface area contributed by atoms with E-state index in [0.717, 1.165) is 24.3 Å². The minimum Gasteiger partial charge on any atom is -0.379 e. The highest BCUT2D eigenvalue weighted by Gasteiger charge is 2.34. The van der Waals surface area contributed by atoms with Gasteiger partial charge in [0, 0.05) is 25.2 Å². The van der Waals surface area contributed by atoms with Crippen molar-refractivity contribution in [2.24, 2.45) is 0 Å². The number of hydrogen-bond acceptors (Lipinski definition) is 6. The molecule has 186 valence electrons. The quantitative estimate of drug-likeness (QED) is 0.157. The van der Waals surface area contributed by atoms with Gasteiger partial charge in [-0.15, -0.1) is 0 Å². The SMILES string of the molecule is O=[N+]([O-])c1cc(C(F)(F)F)ccc1NCCCCCCNc1ccc(C(F)(F)F)cc1[N+](=O)[O-]. The molecule has 0 amide bonds. The number of nitro benzene ring substituents is 2. The third kappa shape index (κ3) is 7.49. The molecule has 0 aromatic heterocycles. The van der Waals surface area contributed by atoms with Gasteiger partial charge in [-0.05, 0) is 37.1 Å². The summed E-state index contributed by atoms with van der Waals surface area (Å²) in [5.41, 5.74) is -3.67. The maximum Gasteiger partial charge on any atom is 0.416 e. The predicted octanol–water partition coefficient (Wildman–Crippen LogP) is 6.63. The minimum absolute atomic E-state index is 0.0331. The van der Waals surface area contributed by atoms with Crippen LogP contribution < -0.4 is 10.6 Å². The largest absolute Gasteiger partial charge is 0.416 e. The van der Waals surface area contributed by atoms with Gasteiger partial charge in [-0.1, -0.05) is 12.8 Å². The van der Waals surface area contributed by atoms with Crippen LogP contribution in [0, 0.1) is 20.2 Å². The van der Waals surface area contributed by atoms with E-state index in [1.807, 2.05) is 0 Å². The molecule has 2 aromatic rings. The van der Waals surface area contributed by atoms with Crippen LogP contribution in [0.1, 0.15) is 36.8 Å². The highest BCUT2D eigenvalue weighted by molar-refractivity contribution is 5.63. The van der Waals surface area contributed by atoms with Crippen molar-refractivity contribution >= 4 is 22.7 Å². The zero-order valence-electron chi connectivity index (χ0n) is 17.5. The maximum absolute atomic E-state index is 12.7. The van der Waals surface area contributed by atoms with Crippen molar-refractivity contribution in [2.45, 2.75) is 38.0 Å². The molecule has 2 rings (SSSR count). The number of rotatable bonds is 11. The fourth-order valence-corrected chi connectivity index (χ4v) is 3.07. The molecule has 0 atom stereocenters. The molecule has 0 bridgehead atoms. The topological polar surface area (TPSA) is 110 Å². The number of unbranched alkanes of at least 4 members (excludes halogenated alkanes) is 3. The number of benzene rings is 2. The molecule has 0 spiro atoms. The summed E-state index contributed by atoms with van der Waals surface area (Å²) in [7, 11) is 0. The third-order valence-corrected chi connectivity index (χ3v) is 4.78. The molecule has 2 N–H and O–H groups in total. The minimum atomic E-state index is -4.70. The number of hydrogen-bond donors (Lipinski definition) is 2. The van der Waals surface area contributed by atoms with Crippen molar-refractivity contribution in [2.75, 3.05) is 23.7 Å². The lowest BCUT2D eigenvalue weighted by Crippen LogP contribution is -2.09. The fourth-order valence-electron chi connectivity index (χ4n) is 3.07. The van der Waals surface area contributed by atoms with Crippen LogP contribution in [0.2, 0.25) is 0 Å². The molecule has 2 aromatic carbocycles. The number of halogens is 6. The lowest BCUT2D eigenvalue weighted by Gasteiger charge is -2.11. The Hall–Kier alpha value is -3.58. The van der Waals surface area contributed by atoms with Crippen LogP contribution in [-0.2, 0) is 12.4 Å². The molecule has 0 radical (unpaired) electrons. The zero-order chi connectivity index (χ0) is 25.5. The van der Waals surface area contributed by atoms with E-state index in [-0.39, 0.29) is 24.5 Å². The maximum atomic E-state index is 12.7. The Bertz CT molecular complexity index is 946. The molecule has 0 aliphatic rings. The fraction of sp³-hybridized carbons (Fsp3) is 0.400. The van der Waals surface area contributed by atoms with Gasteiger partial charge in [0.2, 0.25) is 0 Å². The first-order valence-corrected chi connectivity index (χ1v) is 9.99. The molecule has 34 heavy (non-hydrogen) atoms. The molecular formula is C20H20F6N4O4. The van der Waals surface area contributed by atoms with Crippen LogP contribution in [0.5, 0.6) is 0 Å². The number of alkyl halides is 6. The predicted molar refractivity (Wildman–Crippen MR) is 112 cm³/mol. The van der Waals surface area contributed by atoms with E-state index >= 15 is 0 Å². The molecule has 8 nitrogen and oxygen atoms in total. The number of nitrogens with zero attached hydrogens (tertiary/aromatic N) is 2. The van der Waals surface area contributed by atoms with Crippen LogP contribution in [0.3, 0.4) is 0 Å². The van der Waals surface area contributed by atoms with Crippen molar-refractivity contribution in [3.63, 3.8) is 0 Å². The van der Waals surface area contributed by atoms with Gasteiger partial charge in [-0.2, -0.15) is 26.3 Å². The van der Waals surface area contributed by atoms with Crippen molar-refractivity contribution in [3.05, 3.63) is 67.8 Å². The Labute approximate surface area is 189 Å². The summed E-state index contributed by atoms with van der Waals surface area (Å²) in [6.45, 7) is 0.536. The Morgan fingerprint density at radius 3 is 1.29 bits per heavy atom. The second-order valence-corrected chi connectivity index (χ2v) is 7.24. The van der Waals surface area contributed by atoms with E-state index < -0.39 is 44.7 Å². The first-order valence-electron chi connectivity index (χ1n) is 9.99. The van der Waals surface area contributed by atoms with E-state index in [1.54, 1.807) is 0 Å². The van der Waals surface area contributed by atoms with Crippen molar-refractivity contribution in [1.29, 1.82) is 0 Å². The zero-order valence-corrected chi connectivity index (χ0v) is 17.5. The molecule has 0 fully saturated rings. The lowest BCUT2D eigenvalue weighted by atomic mass is 10.1. The second-order valence-electron chi connectivity index (χ2n) is 7.24. The van der Waals surface area contributed by atoms with Gasteiger partial charge in [0.25, 0.3) is 11.4 Å². The summed E-state index contributed by atoms with van der Waals surface area (Å²) in [5, 5.41) is 27.6. The molecular weight excluding hydrogens is 474 g/mol. The van der Waals surface area contributed by atoms with Crippen LogP contribution in [0.4, 0.5) is 49.1 Å². The molecule has 0 heterocycles. The van der Waals surface area contributed by atoms with Crippen LogP contribution in [-0.4, -0.2) is 22.9 Å². The monoisotopic (exact) mass is 494 g/mol. The van der Waals surface area contributed by atoms with E-state index in [2.05, 4.69) is 10.6 Å². The third-order valence-electron chi connectivity index (χ3n) is 4.78. The normalized spacial score (nSPS) is 11.8. The number of nitrogens with one attached hydrogen (secondary N) is 2. The van der Waals surface area contributed by atoms with Crippen LogP contribution >= 0.6 is 0 Å². The summed E-state index contributed by atoms with van der Waals surface area (Å²) >= 11 is 0. The summed E-state index contributed by atoms with van der Waals surface area (Å²) < 4.78 is 76.4. The standard InChI is InChI=1S/C20H20F6N4O4/c21-19(22,23)13-5-7-15(17(11-13)29(31)32)27-9-3-1-2-4-10-28-16-8-6-14(20(24,25)26)12-18(16)30(33)34/h5-8,11-12,27-28H,1-4,9-10H2. The van der Waals surface area contributed by atoms with E-state index in [4.69, 9.17) is 0 Å². The Kier molecular flexibility index (Phi) is 8.65. The van der Waals surface area contributed by atoms with Crippen molar-refractivity contribution < 1.29 is 36.2 Å². The highest BCUT2D eigenvalue weighted by atomic mass is 19.4. The summed E-state index contributed by atoms with van der Waals surface area (Å²) in [5.74, 6) is 0. The van der Waals surface area contributed by atoms with E-state index in [0.29, 0.717) is 37.8 Å². The summed E-state index contributed by atoms with van der Waals surface area (Å²) in [6.07, 6.45) is -7.04. The van der Waals surface area contributed by atoms with Gasteiger partial charge < -0.3 is 10.6 Å². The van der Waals surface area contributed by atoms with E-state index in [9.17, 15) is 46.6 Å². The number of anilines is 2. The molecule has 0 unspecified atom stereocenters. The van der Waals surface area contributed by atoms with Gasteiger partial charge in [-0.25, -0.2) is 0 Å². The Morgan fingerprint density at radius 2 is 1.00 bits per heavy atom. The van der Waals surface area contributed by atoms with Gasteiger partial charge in [-0.3, -0.25) is 20.2 Å². The molecule has 0 saturated heterocycles. The smallest absolute Gasteiger partial charge is 0.379 e. The molecule has 0 aliphatic carbocycles. The van der Waals surface area contributed by atoms with Gasteiger partial charge >= 0.3 is 12.4 Å². The first-order chi connectivity index (χ1) is 15.8. The average molecular weight is 494 g/mol. The van der Waals surface area contributed by atoms with Gasteiger partial charge in [0.1, 0.15) is 11.4 Å². The Balaban J connectivity index is 1.78. The molecule has 0 aliphatic heterocycles. The molecule has 14 heteroatoms. The first kappa shape index (κ1) is 26.7. The van der Waals surface area contributed by atoms with Gasteiger partial charge in [0.05, 0.1) is 21.0 Å². The lowest BCUT2D eigenvalue weighted by molar-refractivity contribution is -0.384. The highest BCUT2D eigenvalue weighted by Crippen LogP contribution is 2.36. The van der Waals surface area contributed by atoms with Gasteiger partial charge in [0.15, 0.2) is 0 Å². The Morgan fingerprint density at radius 1 is 0.647 bits per heavy atom. The van der Waals surface area contributed by atoms with Crippen molar-refractivity contribution in [3.8, 4) is 0 Å². The average Bonchev–Trinajstić information content (AvgIpc) is 2.74. The van der Waals surface area contributed by atoms with Crippen LogP contribution in [0.15, 0.2) is 36.4 Å². The second kappa shape index (κ2) is 11.0. The van der Waals surface area contributed by atoms with E-state index in [1.165, 1.54) is 0 Å². The van der Waals surface area contributed by atoms with Crippen molar-refractivity contribution in [1.82, 2.24) is 0 Å². The number of nitro groups is 2. The molecule has 0 saturated carbocycles. The van der Waals surface area contributed by atoms with Crippen LogP contribution in [0.25, 0.3) is 0 Å². The summed E-state index contributed by atoms with van der Waals surface area (Å²) in [4.78, 5) is 20.3.